The summed E-state index contributed by atoms with van der Waals surface area (Å²) < 4.78 is 37.1. The molecular weight excluding hydrogens is 181 g/mol. The van der Waals surface area contributed by atoms with E-state index in [-0.39, 0.29) is 16.9 Å². The standard InChI is InChI=1S/C8H9F3N2/c1-4-5(12)2-3-6(13)7(4)8(9,10)11/h2-3H,12-13H2,1H3. The molecule has 0 aliphatic rings. The van der Waals surface area contributed by atoms with Crippen LogP contribution in [0.5, 0.6) is 0 Å². The van der Waals surface area contributed by atoms with Gasteiger partial charge in [0.2, 0.25) is 0 Å². The fourth-order valence-electron chi connectivity index (χ4n) is 1.13. The van der Waals surface area contributed by atoms with Gasteiger partial charge in [-0.1, -0.05) is 0 Å². The average Bonchev–Trinajstić information content (AvgIpc) is 1.95. The Morgan fingerprint density at radius 3 is 1.92 bits per heavy atom. The largest absolute Gasteiger partial charge is 0.418 e. The van der Waals surface area contributed by atoms with Crippen molar-refractivity contribution in [3.63, 3.8) is 0 Å². The van der Waals surface area contributed by atoms with Gasteiger partial charge in [-0.25, -0.2) is 0 Å². The smallest absolute Gasteiger partial charge is 0.398 e. The monoisotopic (exact) mass is 190 g/mol. The van der Waals surface area contributed by atoms with Gasteiger partial charge >= 0.3 is 6.18 Å². The van der Waals surface area contributed by atoms with Crippen molar-refractivity contribution in [1.82, 2.24) is 0 Å². The summed E-state index contributed by atoms with van der Waals surface area (Å²) >= 11 is 0. The molecule has 0 amide bonds. The maximum Gasteiger partial charge on any atom is 0.418 e. The third-order valence-electron chi connectivity index (χ3n) is 1.82. The maximum absolute atomic E-state index is 12.4. The van der Waals surface area contributed by atoms with Crippen LogP contribution in [0.15, 0.2) is 12.1 Å². The van der Waals surface area contributed by atoms with Crippen LogP contribution in [0.1, 0.15) is 11.1 Å². The Morgan fingerprint density at radius 1 is 1.08 bits per heavy atom. The van der Waals surface area contributed by atoms with Crippen molar-refractivity contribution in [1.29, 1.82) is 0 Å². The predicted octanol–water partition coefficient (Wildman–Crippen LogP) is 2.18. The number of anilines is 2. The van der Waals surface area contributed by atoms with E-state index in [0.717, 1.165) is 6.07 Å². The van der Waals surface area contributed by atoms with Gasteiger partial charge in [-0.2, -0.15) is 13.2 Å². The van der Waals surface area contributed by atoms with Crippen LogP contribution in [0.4, 0.5) is 24.5 Å². The highest BCUT2D eigenvalue weighted by atomic mass is 19.4. The molecule has 13 heavy (non-hydrogen) atoms. The number of nitrogens with two attached hydrogens (primary N) is 2. The van der Waals surface area contributed by atoms with Gasteiger partial charge in [0.15, 0.2) is 0 Å². The first kappa shape index (κ1) is 9.70. The van der Waals surface area contributed by atoms with Gasteiger partial charge in [0.1, 0.15) is 0 Å². The fourth-order valence-corrected chi connectivity index (χ4v) is 1.13. The minimum absolute atomic E-state index is 0.0208. The van der Waals surface area contributed by atoms with Crippen LogP contribution < -0.4 is 11.5 Å². The summed E-state index contributed by atoms with van der Waals surface area (Å²) in [4.78, 5) is 0. The Bertz CT molecular complexity index is 331. The lowest BCUT2D eigenvalue weighted by Gasteiger charge is -2.14. The molecular formula is C8H9F3N2. The molecule has 5 heteroatoms. The normalized spacial score (nSPS) is 11.7. The molecule has 4 N–H and O–H groups in total. The molecule has 1 rings (SSSR count). The van der Waals surface area contributed by atoms with Gasteiger partial charge < -0.3 is 11.5 Å². The Morgan fingerprint density at radius 2 is 1.54 bits per heavy atom. The molecule has 0 saturated heterocycles. The van der Waals surface area contributed by atoms with E-state index in [1.54, 1.807) is 0 Å². The van der Waals surface area contributed by atoms with E-state index in [2.05, 4.69) is 0 Å². The molecule has 0 aliphatic heterocycles. The van der Waals surface area contributed by atoms with E-state index in [1.807, 2.05) is 0 Å². The van der Waals surface area contributed by atoms with Crippen LogP contribution in [0.25, 0.3) is 0 Å². The van der Waals surface area contributed by atoms with Crippen LogP contribution >= 0.6 is 0 Å². The lowest BCUT2D eigenvalue weighted by molar-refractivity contribution is -0.137. The minimum Gasteiger partial charge on any atom is -0.398 e. The lowest BCUT2D eigenvalue weighted by Crippen LogP contribution is -2.12. The van der Waals surface area contributed by atoms with Crippen molar-refractivity contribution in [3.8, 4) is 0 Å². The zero-order valence-electron chi connectivity index (χ0n) is 6.94. The van der Waals surface area contributed by atoms with Crippen molar-refractivity contribution in [2.45, 2.75) is 13.1 Å². The quantitative estimate of drug-likeness (QED) is 0.616. The Kier molecular flexibility index (Phi) is 2.11. The molecule has 1 aromatic carbocycles. The van der Waals surface area contributed by atoms with Gasteiger partial charge in [0.25, 0.3) is 0 Å². The molecule has 0 aliphatic carbocycles. The zero-order chi connectivity index (χ0) is 10.2. The molecule has 0 radical (unpaired) electrons. The molecule has 0 fully saturated rings. The van der Waals surface area contributed by atoms with Crippen LogP contribution in [0.3, 0.4) is 0 Å². The van der Waals surface area contributed by atoms with E-state index >= 15 is 0 Å². The highest BCUT2D eigenvalue weighted by Gasteiger charge is 2.35. The van der Waals surface area contributed by atoms with Gasteiger partial charge in [0.05, 0.1) is 5.56 Å². The SMILES string of the molecule is Cc1c(N)ccc(N)c1C(F)(F)F. The van der Waals surface area contributed by atoms with E-state index in [1.165, 1.54) is 13.0 Å². The molecule has 0 aromatic heterocycles. The van der Waals surface area contributed by atoms with Crippen molar-refractivity contribution >= 4 is 11.4 Å². The third kappa shape index (κ3) is 1.68. The average molecular weight is 190 g/mol. The highest BCUT2D eigenvalue weighted by molar-refractivity contribution is 5.62. The van der Waals surface area contributed by atoms with Crippen molar-refractivity contribution < 1.29 is 13.2 Å². The number of benzene rings is 1. The first-order chi connectivity index (χ1) is 5.84. The lowest BCUT2D eigenvalue weighted by atomic mass is 10.0. The maximum atomic E-state index is 12.4. The van der Waals surface area contributed by atoms with Crippen molar-refractivity contribution in [2.75, 3.05) is 11.5 Å². The molecule has 0 atom stereocenters. The summed E-state index contributed by atoms with van der Waals surface area (Å²) in [5.41, 5.74) is 9.48. The Labute approximate surface area is 73.3 Å². The molecule has 0 unspecified atom stereocenters. The zero-order valence-corrected chi connectivity index (χ0v) is 6.94. The number of halogens is 3. The predicted molar refractivity (Wildman–Crippen MR) is 45.0 cm³/mol. The van der Waals surface area contributed by atoms with E-state index in [0.29, 0.717) is 0 Å². The van der Waals surface area contributed by atoms with Crippen molar-refractivity contribution in [2.24, 2.45) is 0 Å². The molecule has 0 saturated carbocycles. The second-order valence-electron chi connectivity index (χ2n) is 2.74. The highest BCUT2D eigenvalue weighted by Crippen LogP contribution is 2.37. The summed E-state index contributed by atoms with van der Waals surface area (Å²) in [6.45, 7) is 1.30. The molecule has 0 bridgehead atoms. The topological polar surface area (TPSA) is 52.0 Å². The summed E-state index contributed by atoms with van der Waals surface area (Å²) in [5.74, 6) is 0. The van der Waals surface area contributed by atoms with Crippen LogP contribution in [-0.4, -0.2) is 0 Å². The second kappa shape index (κ2) is 2.83. The number of rotatable bonds is 0. The third-order valence-corrected chi connectivity index (χ3v) is 1.82. The summed E-state index contributed by atoms with van der Waals surface area (Å²) in [7, 11) is 0. The van der Waals surface area contributed by atoms with E-state index in [9.17, 15) is 13.2 Å². The van der Waals surface area contributed by atoms with Gasteiger partial charge in [-0.3, -0.25) is 0 Å². The number of hydrogen-bond donors (Lipinski definition) is 2. The number of hydrogen-bond acceptors (Lipinski definition) is 2. The first-order valence-corrected chi connectivity index (χ1v) is 3.55. The van der Waals surface area contributed by atoms with Gasteiger partial charge in [-0.05, 0) is 24.6 Å². The Balaban J connectivity index is 3.43. The summed E-state index contributed by atoms with van der Waals surface area (Å²) in [6.07, 6.45) is -4.44. The molecule has 72 valence electrons. The van der Waals surface area contributed by atoms with Crippen molar-refractivity contribution in [3.05, 3.63) is 23.3 Å². The van der Waals surface area contributed by atoms with E-state index < -0.39 is 11.7 Å². The van der Waals surface area contributed by atoms with Gasteiger partial charge in [0, 0.05) is 11.4 Å². The minimum atomic E-state index is -4.44. The fraction of sp³-hybridized carbons (Fsp3) is 0.250. The Hall–Kier alpha value is -1.39. The van der Waals surface area contributed by atoms with Crippen LogP contribution in [-0.2, 0) is 6.18 Å². The first-order valence-electron chi connectivity index (χ1n) is 3.55. The molecule has 0 spiro atoms. The molecule has 0 heterocycles. The van der Waals surface area contributed by atoms with Crippen LogP contribution in [0, 0.1) is 6.92 Å². The number of alkyl halides is 3. The molecule has 1 aromatic rings. The molecule has 2 nitrogen and oxygen atoms in total. The van der Waals surface area contributed by atoms with E-state index in [4.69, 9.17) is 11.5 Å². The van der Waals surface area contributed by atoms with Crippen LogP contribution in [0.2, 0.25) is 0 Å². The summed E-state index contributed by atoms with van der Waals surface area (Å²) in [6, 6.07) is 2.52. The second-order valence-corrected chi connectivity index (χ2v) is 2.74. The van der Waals surface area contributed by atoms with Gasteiger partial charge in [-0.15, -0.1) is 0 Å². The summed E-state index contributed by atoms with van der Waals surface area (Å²) in [5, 5.41) is 0. The number of nitrogen functional groups attached to an aromatic ring is 2.